The molecule has 1 aromatic heterocycles. The number of rotatable bonds is 5. The van der Waals surface area contributed by atoms with Crippen LogP contribution in [-0.4, -0.2) is 41.3 Å². The zero-order chi connectivity index (χ0) is 18.7. The number of hydrogen-bond acceptors (Lipinski definition) is 5. The summed E-state index contributed by atoms with van der Waals surface area (Å²) >= 11 is 0. The summed E-state index contributed by atoms with van der Waals surface area (Å²) < 4.78 is 38.6. The van der Waals surface area contributed by atoms with Crippen molar-refractivity contribution in [3.63, 3.8) is 0 Å². The summed E-state index contributed by atoms with van der Waals surface area (Å²) in [6, 6.07) is 7.15. The minimum Gasteiger partial charge on any atom is -0.394 e. The summed E-state index contributed by atoms with van der Waals surface area (Å²) in [5, 5.41) is 9.48. The molecular formula is C18H21F3N4O. The lowest BCUT2D eigenvalue weighted by Gasteiger charge is -2.25. The van der Waals surface area contributed by atoms with Gasteiger partial charge in [0.25, 0.3) is 0 Å². The molecule has 140 valence electrons. The number of benzene rings is 1. The lowest BCUT2D eigenvalue weighted by molar-refractivity contribution is -0.137. The third kappa shape index (κ3) is 4.07. The van der Waals surface area contributed by atoms with Crippen molar-refractivity contribution < 1.29 is 18.3 Å². The lowest BCUT2D eigenvalue weighted by Crippen LogP contribution is -2.33. The van der Waals surface area contributed by atoms with Gasteiger partial charge < -0.3 is 14.9 Å². The van der Waals surface area contributed by atoms with Crippen LogP contribution in [0.2, 0.25) is 0 Å². The Kier molecular flexibility index (Phi) is 5.31. The number of aliphatic hydroxyl groups is 1. The average molecular weight is 366 g/mol. The van der Waals surface area contributed by atoms with Crippen LogP contribution in [0.1, 0.15) is 24.0 Å². The summed E-state index contributed by atoms with van der Waals surface area (Å²) in [4.78, 5) is 12.3. The van der Waals surface area contributed by atoms with Crippen molar-refractivity contribution in [1.82, 2.24) is 9.97 Å². The van der Waals surface area contributed by atoms with Gasteiger partial charge in [0.1, 0.15) is 18.0 Å². The molecule has 1 unspecified atom stereocenters. The van der Waals surface area contributed by atoms with E-state index in [1.165, 1.54) is 12.4 Å². The number of hydrogen-bond donors (Lipinski definition) is 1. The van der Waals surface area contributed by atoms with E-state index in [-0.39, 0.29) is 12.6 Å². The Labute approximate surface area is 150 Å². The van der Waals surface area contributed by atoms with Crippen LogP contribution in [0, 0.1) is 0 Å². The lowest BCUT2D eigenvalue weighted by atomic mass is 10.1. The zero-order valence-corrected chi connectivity index (χ0v) is 14.4. The van der Waals surface area contributed by atoms with Gasteiger partial charge in [0.15, 0.2) is 0 Å². The molecule has 0 aliphatic carbocycles. The van der Waals surface area contributed by atoms with Crippen molar-refractivity contribution in [2.45, 2.75) is 31.6 Å². The Hall–Kier alpha value is -2.35. The van der Waals surface area contributed by atoms with Crippen molar-refractivity contribution in [2.24, 2.45) is 0 Å². The molecule has 0 amide bonds. The smallest absolute Gasteiger partial charge is 0.394 e. The fourth-order valence-electron chi connectivity index (χ4n) is 3.23. The molecule has 0 saturated carbocycles. The van der Waals surface area contributed by atoms with Crippen molar-refractivity contribution in [3.05, 3.63) is 47.8 Å². The van der Waals surface area contributed by atoms with Crippen LogP contribution in [0.3, 0.4) is 0 Å². The van der Waals surface area contributed by atoms with Gasteiger partial charge in [-0.05, 0) is 30.5 Å². The first-order valence-electron chi connectivity index (χ1n) is 8.45. The Balaban J connectivity index is 1.76. The second-order valence-corrected chi connectivity index (χ2v) is 6.46. The van der Waals surface area contributed by atoms with E-state index in [9.17, 15) is 18.3 Å². The monoisotopic (exact) mass is 366 g/mol. The van der Waals surface area contributed by atoms with Crippen LogP contribution in [-0.2, 0) is 12.7 Å². The van der Waals surface area contributed by atoms with E-state index in [1.807, 2.05) is 11.0 Å². The van der Waals surface area contributed by atoms with Crippen LogP contribution < -0.4 is 9.80 Å². The third-order valence-corrected chi connectivity index (χ3v) is 4.59. The van der Waals surface area contributed by atoms with Gasteiger partial charge in [-0.2, -0.15) is 13.2 Å². The van der Waals surface area contributed by atoms with Gasteiger partial charge in [0.2, 0.25) is 0 Å². The van der Waals surface area contributed by atoms with E-state index in [0.717, 1.165) is 37.3 Å². The number of halogens is 3. The van der Waals surface area contributed by atoms with E-state index < -0.39 is 11.7 Å². The molecule has 2 heterocycles. The van der Waals surface area contributed by atoms with Crippen molar-refractivity contribution in [3.8, 4) is 0 Å². The van der Waals surface area contributed by atoms with E-state index in [0.29, 0.717) is 17.9 Å². The van der Waals surface area contributed by atoms with Crippen LogP contribution >= 0.6 is 0 Å². The molecule has 0 radical (unpaired) electrons. The van der Waals surface area contributed by atoms with E-state index >= 15 is 0 Å². The molecule has 1 saturated heterocycles. The summed E-state index contributed by atoms with van der Waals surface area (Å²) in [5.74, 6) is 1.35. The van der Waals surface area contributed by atoms with Crippen molar-refractivity contribution in [2.75, 3.05) is 30.0 Å². The normalized spacial score (nSPS) is 17.6. The molecule has 1 N–H and O–H groups in total. The summed E-state index contributed by atoms with van der Waals surface area (Å²) in [7, 11) is 1.78. The first-order valence-corrected chi connectivity index (χ1v) is 8.45. The minimum absolute atomic E-state index is 0.0477. The van der Waals surface area contributed by atoms with Crippen LogP contribution in [0.15, 0.2) is 36.7 Å². The highest BCUT2D eigenvalue weighted by Crippen LogP contribution is 2.30. The minimum atomic E-state index is -4.36. The highest BCUT2D eigenvalue weighted by molar-refractivity contribution is 5.51. The fourth-order valence-corrected chi connectivity index (χ4v) is 3.23. The Bertz CT molecular complexity index is 753. The Morgan fingerprint density at radius 1 is 1.27 bits per heavy atom. The zero-order valence-electron chi connectivity index (χ0n) is 14.4. The molecule has 1 aromatic carbocycles. The molecule has 3 rings (SSSR count). The fraction of sp³-hybridized carbons (Fsp3) is 0.444. The molecule has 0 bridgehead atoms. The van der Waals surface area contributed by atoms with E-state index in [4.69, 9.17) is 0 Å². The van der Waals surface area contributed by atoms with Crippen LogP contribution in [0.25, 0.3) is 0 Å². The highest BCUT2D eigenvalue weighted by Gasteiger charge is 2.30. The van der Waals surface area contributed by atoms with Gasteiger partial charge in [0.05, 0.1) is 18.2 Å². The van der Waals surface area contributed by atoms with E-state index in [1.54, 1.807) is 18.0 Å². The van der Waals surface area contributed by atoms with Gasteiger partial charge in [-0.25, -0.2) is 9.97 Å². The number of aromatic nitrogens is 2. The molecule has 1 atom stereocenters. The number of anilines is 2. The number of nitrogens with zero attached hydrogens (tertiary/aromatic N) is 4. The Morgan fingerprint density at radius 3 is 2.81 bits per heavy atom. The molecule has 1 aliphatic heterocycles. The molecule has 1 aliphatic rings. The summed E-state index contributed by atoms with van der Waals surface area (Å²) in [6.07, 6.45) is -1.01. The van der Waals surface area contributed by atoms with Gasteiger partial charge in [0, 0.05) is 26.2 Å². The van der Waals surface area contributed by atoms with Gasteiger partial charge >= 0.3 is 6.18 Å². The first kappa shape index (κ1) is 18.4. The summed E-state index contributed by atoms with van der Waals surface area (Å²) in [5.41, 5.74) is -0.105. The largest absolute Gasteiger partial charge is 0.416 e. The molecule has 26 heavy (non-hydrogen) atoms. The Morgan fingerprint density at radius 2 is 2.08 bits per heavy atom. The molecule has 8 heteroatoms. The van der Waals surface area contributed by atoms with Crippen molar-refractivity contribution in [1.29, 1.82) is 0 Å². The second-order valence-electron chi connectivity index (χ2n) is 6.46. The molecule has 1 fully saturated rings. The predicted octanol–water partition coefficient (Wildman–Crippen LogP) is 3.09. The van der Waals surface area contributed by atoms with Crippen LogP contribution in [0.4, 0.5) is 24.8 Å². The van der Waals surface area contributed by atoms with E-state index in [2.05, 4.69) is 9.97 Å². The number of alkyl halides is 3. The molecular weight excluding hydrogens is 345 g/mol. The second kappa shape index (κ2) is 7.49. The van der Waals surface area contributed by atoms with Gasteiger partial charge in [-0.1, -0.05) is 12.1 Å². The maximum absolute atomic E-state index is 12.9. The summed E-state index contributed by atoms with van der Waals surface area (Å²) in [6.45, 7) is 1.18. The topological polar surface area (TPSA) is 52.5 Å². The molecule has 2 aromatic rings. The van der Waals surface area contributed by atoms with Crippen LogP contribution in [0.5, 0.6) is 0 Å². The van der Waals surface area contributed by atoms with Crippen molar-refractivity contribution >= 4 is 11.6 Å². The van der Waals surface area contributed by atoms with Gasteiger partial charge in [-0.3, -0.25) is 0 Å². The SMILES string of the molecule is CN(Cc1cccc(C(F)(F)F)c1)c1cc(N2CCCC2CO)ncn1. The quantitative estimate of drug-likeness (QED) is 0.881. The molecule has 0 spiro atoms. The molecule has 5 nitrogen and oxygen atoms in total. The average Bonchev–Trinajstić information content (AvgIpc) is 3.10. The maximum Gasteiger partial charge on any atom is 0.416 e. The third-order valence-electron chi connectivity index (χ3n) is 4.59. The predicted molar refractivity (Wildman–Crippen MR) is 93.0 cm³/mol. The first-order chi connectivity index (χ1) is 12.4. The highest BCUT2D eigenvalue weighted by atomic mass is 19.4. The standard InChI is InChI=1S/C18H21F3N4O/c1-24(10-13-4-2-5-14(8-13)18(19,20)21)16-9-17(23-12-22-16)25-7-3-6-15(25)11-26/h2,4-5,8-9,12,15,26H,3,6-7,10-11H2,1H3. The number of aliphatic hydroxyl groups excluding tert-OH is 1. The maximum atomic E-state index is 12.9. The van der Waals surface area contributed by atoms with Gasteiger partial charge in [-0.15, -0.1) is 0 Å².